The zero-order chi connectivity index (χ0) is 13.8. The van der Waals surface area contributed by atoms with Gasteiger partial charge >= 0.3 is 0 Å². The number of hydrogen-bond donors (Lipinski definition) is 0. The summed E-state index contributed by atoms with van der Waals surface area (Å²) in [5.74, 6) is 0.500. The van der Waals surface area contributed by atoms with Crippen LogP contribution < -0.4 is 0 Å². The molecule has 2 rings (SSSR count). The lowest BCUT2D eigenvalue weighted by Gasteiger charge is -2.13. The van der Waals surface area contributed by atoms with E-state index in [4.69, 9.17) is 0 Å². The number of rotatable bonds is 3. The molecule has 4 heteroatoms. The van der Waals surface area contributed by atoms with Gasteiger partial charge in [0.1, 0.15) is 11.7 Å². The minimum Gasteiger partial charge on any atom is -0.264 e. The van der Waals surface area contributed by atoms with Crippen molar-refractivity contribution in [1.82, 2.24) is 15.0 Å². The van der Waals surface area contributed by atoms with Gasteiger partial charge < -0.3 is 0 Å². The third-order valence-corrected chi connectivity index (χ3v) is 2.91. The van der Waals surface area contributed by atoms with E-state index in [0.29, 0.717) is 5.82 Å². The quantitative estimate of drug-likeness (QED) is 0.842. The molecule has 0 saturated carbocycles. The molecular weight excluding hydrogens is 236 g/mol. The maximum Gasteiger partial charge on any atom is 0.146 e. The smallest absolute Gasteiger partial charge is 0.146 e. The van der Waals surface area contributed by atoms with Crippen molar-refractivity contribution < 1.29 is 0 Å². The van der Waals surface area contributed by atoms with Crippen LogP contribution in [0.2, 0.25) is 0 Å². The Bertz CT molecular complexity index is 599. The number of nitriles is 1. The van der Waals surface area contributed by atoms with Crippen LogP contribution in [0.4, 0.5) is 0 Å². The minimum atomic E-state index is -0.282. The summed E-state index contributed by atoms with van der Waals surface area (Å²) >= 11 is 0. The number of aryl methyl sites for hydroxylation is 1. The van der Waals surface area contributed by atoms with Gasteiger partial charge in [0.05, 0.1) is 11.8 Å². The van der Waals surface area contributed by atoms with Crippen molar-refractivity contribution in [2.75, 3.05) is 0 Å². The van der Waals surface area contributed by atoms with E-state index in [1.165, 1.54) is 0 Å². The molecule has 0 fully saturated rings. The zero-order valence-corrected chi connectivity index (χ0v) is 11.3. The van der Waals surface area contributed by atoms with Gasteiger partial charge in [0.15, 0.2) is 0 Å². The highest BCUT2D eigenvalue weighted by molar-refractivity contribution is 5.57. The average molecular weight is 252 g/mol. The second kappa shape index (κ2) is 5.57. The Morgan fingerprint density at radius 2 is 2.05 bits per heavy atom. The second-order valence-electron chi connectivity index (χ2n) is 4.85. The van der Waals surface area contributed by atoms with Crippen LogP contribution in [-0.2, 0) is 0 Å². The van der Waals surface area contributed by atoms with Crippen LogP contribution in [0.1, 0.15) is 31.3 Å². The summed E-state index contributed by atoms with van der Waals surface area (Å²) in [6, 6.07) is 8.02. The van der Waals surface area contributed by atoms with Gasteiger partial charge in [0.25, 0.3) is 0 Å². The second-order valence-corrected chi connectivity index (χ2v) is 4.85. The van der Waals surface area contributed by atoms with E-state index in [9.17, 15) is 5.26 Å². The molecule has 0 bridgehead atoms. The van der Waals surface area contributed by atoms with Crippen LogP contribution in [0.25, 0.3) is 11.3 Å². The van der Waals surface area contributed by atoms with Crippen molar-refractivity contribution in [3.05, 3.63) is 42.1 Å². The molecule has 0 N–H and O–H groups in total. The largest absolute Gasteiger partial charge is 0.264 e. The molecule has 96 valence electrons. The fraction of sp³-hybridized carbons (Fsp3) is 0.333. The minimum absolute atomic E-state index is 0.188. The van der Waals surface area contributed by atoms with E-state index < -0.39 is 0 Å². The van der Waals surface area contributed by atoms with E-state index >= 15 is 0 Å². The standard InChI is InChI=1S/C15H16N4/c1-10(2)13(8-16)15-18-11(3)7-14(19-15)12-5-4-6-17-9-12/h4-7,9-10,13H,1-3H3. The predicted molar refractivity (Wildman–Crippen MR) is 73.2 cm³/mol. The van der Waals surface area contributed by atoms with Crippen molar-refractivity contribution in [3.8, 4) is 17.3 Å². The number of hydrogen-bond acceptors (Lipinski definition) is 4. The van der Waals surface area contributed by atoms with Gasteiger partial charge in [-0.1, -0.05) is 13.8 Å². The third kappa shape index (κ3) is 2.94. The average Bonchev–Trinajstić information content (AvgIpc) is 2.39. The molecule has 1 unspecified atom stereocenters. The van der Waals surface area contributed by atoms with E-state index in [-0.39, 0.29) is 11.8 Å². The molecule has 2 aromatic rings. The maximum atomic E-state index is 9.26. The molecule has 2 aromatic heterocycles. The van der Waals surface area contributed by atoms with Crippen LogP contribution in [0.5, 0.6) is 0 Å². The first-order valence-electron chi connectivity index (χ1n) is 6.27. The number of pyridine rings is 1. The van der Waals surface area contributed by atoms with Crippen LogP contribution in [-0.4, -0.2) is 15.0 Å². The molecule has 0 aliphatic carbocycles. The Balaban J connectivity index is 2.49. The van der Waals surface area contributed by atoms with E-state index in [1.807, 2.05) is 39.0 Å². The zero-order valence-electron chi connectivity index (χ0n) is 11.3. The number of aromatic nitrogens is 3. The van der Waals surface area contributed by atoms with Crippen LogP contribution in [0, 0.1) is 24.2 Å². The molecule has 0 amide bonds. The molecule has 19 heavy (non-hydrogen) atoms. The summed E-state index contributed by atoms with van der Waals surface area (Å²) < 4.78 is 0. The highest BCUT2D eigenvalue weighted by Gasteiger charge is 2.19. The first-order valence-corrected chi connectivity index (χ1v) is 6.27. The molecule has 0 saturated heterocycles. The van der Waals surface area contributed by atoms with Gasteiger partial charge in [-0.3, -0.25) is 4.98 Å². The summed E-state index contributed by atoms with van der Waals surface area (Å²) in [6.45, 7) is 5.92. The normalized spacial score (nSPS) is 12.2. The summed E-state index contributed by atoms with van der Waals surface area (Å²) in [5.41, 5.74) is 2.62. The Labute approximate surface area is 113 Å². The van der Waals surface area contributed by atoms with Crippen LogP contribution in [0.3, 0.4) is 0 Å². The van der Waals surface area contributed by atoms with E-state index in [1.54, 1.807) is 12.4 Å². The summed E-state index contributed by atoms with van der Waals surface area (Å²) in [7, 11) is 0. The number of nitrogens with zero attached hydrogens (tertiary/aromatic N) is 4. The molecule has 1 atom stereocenters. The van der Waals surface area contributed by atoms with Crippen molar-refractivity contribution >= 4 is 0 Å². The van der Waals surface area contributed by atoms with Gasteiger partial charge in [-0.15, -0.1) is 0 Å². The van der Waals surface area contributed by atoms with Crippen LogP contribution in [0.15, 0.2) is 30.6 Å². The fourth-order valence-electron chi connectivity index (χ4n) is 1.90. The van der Waals surface area contributed by atoms with Crippen molar-refractivity contribution in [1.29, 1.82) is 5.26 Å². The third-order valence-electron chi connectivity index (χ3n) is 2.91. The molecular formula is C15H16N4. The molecule has 0 aliphatic heterocycles. The predicted octanol–water partition coefficient (Wildman–Crippen LogP) is 3.11. The summed E-state index contributed by atoms with van der Waals surface area (Å²) in [6.07, 6.45) is 3.49. The lowest BCUT2D eigenvalue weighted by molar-refractivity contribution is 0.560. The molecule has 0 aromatic carbocycles. The Morgan fingerprint density at radius 1 is 1.26 bits per heavy atom. The maximum absolute atomic E-state index is 9.26. The first kappa shape index (κ1) is 13.2. The molecule has 0 aliphatic rings. The van der Waals surface area contributed by atoms with E-state index in [0.717, 1.165) is 17.0 Å². The Kier molecular flexibility index (Phi) is 3.86. The van der Waals surface area contributed by atoms with Gasteiger partial charge in [-0.25, -0.2) is 9.97 Å². The van der Waals surface area contributed by atoms with Gasteiger partial charge in [-0.05, 0) is 31.0 Å². The SMILES string of the molecule is Cc1cc(-c2cccnc2)nc(C(C#N)C(C)C)n1. The highest BCUT2D eigenvalue weighted by Crippen LogP contribution is 2.24. The van der Waals surface area contributed by atoms with Crippen molar-refractivity contribution in [3.63, 3.8) is 0 Å². The topological polar surface area (TPSA) is 62.5 Å². The van der Waals surface area contributed by atoms with Crippen LogP contribution >= 0.6 is 0 Å². The van der Waals surface area contributed by atoms with Gasteiger partial charge in [0, 0.05) is 23.7 Å². The highest BCUT2D eigenvalue weighted by atomic mass is 14.9. The molecule has 0 radical (unpaired) electrons. The van der Waals surface area contributed by atoms with Crippen molar-refractivity contribution in [2.24, 2.45) is 5.92 Å². The lowest BCUT2D eigenvalue weighted by Crippen LogP contribution is -2.10. The monoisotopic (exact) mass is 252 g/mol. The van der Waals surface area contributed by atoms with Crippen molar-refractivity contribution in [2.45, 2.75) is 26.7 Å². The molecule has 2 heterocycles. The molecule has 4 nitrogen and oxygen atoms in total. The van der Waals surface area contributed by atoms with E-state index in [2.05, 4.69) is 21.0 Å². The first-order chi connectivity index (χ1) is 9.11. The summed E-state index contributed by atoms with van der Waals surface area (Å²) in [5, 5.41) is 9.26. The van der Waals surface area contributed by atoms with Gasteiger partial charge in [-0.2, -0.15) is 5.26 Å². The summed E-state index contributed by atoms with van der Waals surface area (Å²) in [4.78, 5) is 13.0. The van der Waals surface area contributed by atoms with Gasteiger partial charge in [0.2, 0.25) is 0 Å². The molecule has 0 spiro atoms. The Morgan fingerprint density at radius 3 is 2.63 bits per heavy atom. The fourth-order valence-corrected chi connectivity index (χ4v) is 1.90. The Hall–Kier alpha value is -2.28. The lowest BCUT2D eigenvalue weighted by atomic mass is 9.96.